The third kappa shape index (κ3) is 4.79. The molecule has 1 fully saturated rings. The molecule has 1 aromatic heterocycles. The Morgan fingerprint density at radius 3 is 2.56 bits per heavy atom. The Labute approximate surface area is 147 Å². The second kappa shape index (κ2) is 8.62. The van der Waals surface area contributed by atoms with Crippen molar-refractivity contribution in [1.82, 2.24) is 5.16 Å². The van der Waals surface area contributed by atoms with Crippen LogP contribution in [0.15, 0.2) is 22.7 Å². The van der Waals surface area contributed by atoms with Crippen LogP contribution in [0.2, 0.25) is 0 Å². The lowest BCUT2D eigenvalue weighted by Gasteiger charge is -2.06. The number of hydrogen-bond acceptors (Lipinski definition) is 6. The van der Waals surface area contributed by atoms with Crippen molar-refractivity contribution in [2.75, 3.05) is 12.3 Å². The van der Waals surface area contributed by atoms with Crippen LogP contribution in [-0.4, -0.2) is 22.8 Å². The maximum absolute atomic E-state index is 10.8. The van der Waals surface area contributed by atoms with Gasteiger partial charge in [0.15, 0.2) is 0 Å². The van der Waals surface area contributed by atoms with Crippen LogP contribution in [0.3, 0.4) is 0 Å². The lowest BCUT2D eigenvalue weighted by Crippen LogP contribution is -2.05. The lowest BCUT2D eigenvalue weighted by molar-refractivity contribution is -0.383. The third-order valence-corrected chi connectivity index (χ3v) is 4.25. The highest BCUT2D eigenvalue weighted by Crippen LogP contribution is 2.32. The maximum Gasteiger partial charge on any atom is 0.292 e. The summed E-state index contributed by atoms with van der Waals surface area (Å²) in [6.07, 6.45) is 5.97. The summed E-state index contributed by atoms with van der Waals surface area (Å²) >= 11 is 0. The van der Waals surface area contributed by atoms with Crippen molar-refractivity contribution in [2.24, 2.45) is 0 Å². The van der Waals surface area contributed by atoms with Gasteiger partial charge in [-0.15, -0.1) is 0 Å². The molecule has 3 rings (SSSR count). The molecule has 1 heterocycles. The summed E-state index contributed by atoms with van der Waals surface area (Å²) in [5.41, 5.74) is 7.72. The minimum Gasteiger partial charge on any atom is -0.393 e. The van der Waals surface area contributed by atoms with E-state index in [1.807, 2.05) is 0 Å². The number of benzene rings is 1. The number of rotatable bonds is 4. The first kappa shape index (κ1) is 18.9. The van der Waals surface area contributed by atoms with Crippen molar-refractivity contribution in [2.45, 2.75) is 52.6 Å². The largest absolute Gasteiger partial charge is 0.393 e. The van der Waals surface area contributed by atoms with Crippen molar-refractivity contribution in [3.8, 4) is 11.1 Å². The lowest BCUT2D eigenvalue weighted by atomic mass is 10.0. The predicted octanol–water partition coefficient (Wildman–Crippen LogP) is 4.41. The highest BCUT2D eigenvalue weighted by molar-refractivity contribution is 5.74. The Balaban J connectivity index is 0.000000236. The van der Waals surface area contributed by atoms with E-state index in [-0.39, 0.29) is 11.4 Å². The number of aryl methyl sites for hydroxylation is 2. The van der Waals surface area contributed by atoms with Crippen molar-refractivity contribution >= 4 is 11.4 Å². The number of nitrogens with zero attached hydrogens (tertiary/aromatic N) is 2. The quantitative estimate of drug-likeness (QED) is 0.499. The smallest absolute Gasteiger partial charge is 0.292 e. The Kier molecular flexibility index (Phi) is 6.52. The molecular weight excluding hydrogens is 322 g/mol. The van der Waals surface area contributed by atoms with E-state index in [9.17, 15) is 10.1 Å². The topological polar surface area (TPSA) is 104 Å². The third-order valence-electron chi connectivity index (χ3n) is 4.25. The molecule has 0 amide bonds. The zero-order valence-corrected chi connectivity index (χ0v) is 14.9. The molecule has 1 aliphatic carbocycles. The van der Waals surface area contributed by atoms with Gasteiger partial charge < -0.3 is 15.0 Å². The Bertz CT molecular complexity index is 702. The average Bonchev–Trinajstić information content (AvgIpc) is 3.19. The molecule has 1 saturated carbocycles. The van der Waals surface area contributed by atoms with Gasteiger partial charge in [-0.25, -0.2) is 0 Å². The zero-order chi connectivity index (χ0) is 18.4. The number of nitro benzene ring substituents is 1. The van der Waals surface area contributed by atoms with E-state index < -0.39 is 4.92 Å². The van der Waals surface area contributed by atoms with Crippen LogP contribution in [0.5, 0.6) is 0 Å². The monoisotopic (exact) mass is 347 g/mol. The van der Waals surface area contributed by atoms with E-state index in [2.05, 4.69) is 12.1 Å². The molecule has 0 atom stereocenters. The van der Waals surface area contributed by atoms with Gasteiger partial charge in [-0.1, -0.05) is 24.1 Å². The molecule has 136 valence electrons. The van der Waals surface area contributed by atoms with Gasteiger partial charge in [0.25, 0.3) is 5.69 Å². The molecule has 0 spiro atoms. The molecule has 0 aliphatic heterocycles. The molecule has 2 N–H and O–H groups in total. The Morgan fingerprint density at radius 1 is 1.36 bits per heavy atom. The summed E-state index contributed by atoms with van der Waals surface area (Å²) in [5, 5.41) is 14.6. The molecular formula is C18H25N3O4. The molecule has 25 heavy (non-hydrogen) atoms. The fourth-order valence-corrected chi connectivity index (χ4v) is 3.04. The molecule has 0 bridgehead atoms. The molecule has 0 saturated heterocycles. The van der Waals surface area contributed by atoms with Gasteiger partial charge in [-0.05, 0) is 45.2 Å². The van der Waals surface area contributed by atoms with E-state index in [1.165, 1.54) is 37.8 Å². The van der Waals surface area contributed by atoms with Crippen molar-refractivity contribution in [1.29, 1.82) is 0 Å². The number of anilines is 1. The minimum atomic E-state index is -0.503. The first-order valence-corrected chi connectivity index (χ1v) is 8.52. The Hall–Kier alpha value is -2.41. The van der Waals surface area contributed by atoms with E-state index in [0.717, 1.165) is 12.2 Å². The van der Waals surface area contributed by atoms with Crippen LogP contribution in [0.25, 0.3) is 11.1 Å². The second-order valence-corrected chi connectivity index (χ2v) is 6.09. The van der Waals surface area contributed by atoms with Gasteiger partial charge in [-0.3, -0.25) is 10.1 Å². The van der Waals surface area contributed by atoms with E-state index >= 15 is 0 Å². The second-order valence-electron chi connectivity index (χ2n) is 6.09. The van der Waals surface area contributed by atoms with Crippen LogP contribution in [0.4, 0.5) is 11.4 Å². The van der Waals surface area contributed by atoms with Gasteiger partial charge in [0.1, 0.15) is 11.4 Å². The van der Waals surface area contributed by atoms with Crippen LogP contribution in [0.1, 0.15) is 44.1 Å². The fourth-order valence-electron chi connectivity index (χ4n) is 3.04. The van der Waals surface area contributed by atoms with Gasteiger partial charge in [0, 0.05) is 18.2 Å². The molecule has 7 nitrogen and oxygen atoms in total. The van der Waals surface area contributed by atoms with Crippen molar-refractivity contribution < 1.29 is 14.2 Å². The van der Waals surface area contributed by atoms with E-state index in [0.29, 0.717) is 23.1 Å². The van der Waals surface area contributed by atoms with Crippen LogP contribution in [0, 0.1) is 24.0 Å². The van der Waals surface area contributed by atoms with Crippen molar-refractivity contribution in [3.63, 3.8) is 0 Å². The highest BCUT2D eigenvalue weighted by atomic mass is 16.6. The molecule has 7 heteroatoms. The molecule has 0 radical (unpaired) electrons. The van der Waals surface area contributed by atoms with Crippen LogP contribution >= 0.6 is 0 Å². The number of nitrogens with two attached hydrogens (primary N) is 1. The van der Waals surface area contributed by atoms with Crippen molar-refractivity contribution in [3.05, 3.63) is 39.8 Å². The molecule has 0 unspecified atom stereocenters. The highest BCUT2D eigenvalue weighted by Gasteiger charge is 2.17. The first-order valence-electron chi connectivity index (χ1n) is 8.52. The van der Waals surface area contributed by atoms with Crippen LogP contribution < -0.4 is 5.73 Å². The molecule has 2 aromatic rings. The number of nitro groups is 1. The number of aromatic nitrogens is 1. The number of nitrogen functional groups attached to an aromatic ring is 1. The van der Waals surface area contributed by atoms with Gasteiger partial charge in [0.05, 0.1) is 16.7 Å². The Morgan fingerprint density at radius 2 is 2.04 bits per heavy atom. The normalized spacial score (nSPS) is 14.2. The summed E-state index contributed by atoms with van der Waals surface area (Å²) in [5.74, 6) is 0.626. The maximum atomic E-state index is 10.8. The van der Waals surface area contributed by atoms with Gasteiger partial charge in [-0.2, -0.15) is 0 Å². The zero-order valence-electron chi connectivity index (χ0n) is 14.9. The predicted molar refractivity (Wildman–Crippen MR) is 96.4 cm³/mol. The number of hydrogen-bond donors (Lipinski definition) is 1. The first-order chi connectivity index (χ1) is 11.9. The minimum absolute atomic E-state index is 0.109. The average molecular weight is 347 g/mol. The SMILES string of the molecule is CCOC1CCCC1.Cc1noc(C)c1-c1ccc(N)c([N+](=O)[O-])c1. The summed E-state index contributed by atoms with van der Waals surface area (Å²) in [4.78, 5) is 10.3. The molecule has 1 aliphatic rings. The van der Waals surface area contributed by atoms with Gasteiger partial charge in [0.2, 0.25) is 0 Å². The summed E-state index contributed by atoms with van der Waals surface area (Å²) < 4.78 is 10.4. The van der Waals surface area contributed by atoms with E-state index in [4.69, 9.17) is 15.0 Å². The van der Waals surface area contributed by atoms with Crippen LogP contribution in [-0.2, 0) is 4.74 Å². The van der Waals surface area contributed by atoms with Gasteiger partial charge >= 0.3 is 0 Å². The summed E-state index contributed by atoms with van der Waals surface area (Å²) in [6, 6.07) is 4.66. The summed E-state index contributed by atoms with van der Waals surface area (Å²) in [6.45, 7) is 6.51. The summed E-state index contributed by atoms with van der Waals surface area (Å²) in [7, 11) is 0. The standard InChI is InChI=1S/C11H11N3O3.C7H14O/c1-6-11(7(2)17-13-6)8-3-4-9(12)10(5-8)14(15)16;1-2-8-7-5-3-4-6-7/h3-5H,12H2,1-2H3;7H,2-6H2,1H3. The molecule has 1 aromatic carbocycles. The number of ether oxygens (including phenoxy) is 1. The van der Waals surface area contributed by atoms with E-state index in [1.54, 1.807) is 19.9 Å². The fraction of sp³-hybridized carbons (Fsp3) is 0.500.